The van der Waals surface area contributed by atoms with Gasteiger partial charge in [-0.2, -0.15) is 0 Å². The number of carboxylic acid groups (broad SMARTS) is 1. The fourth-order valence-corrected chi connectivity index (χ4v) is 2.60. The lowest BCUT2D eigenvalue weighted by molar-refractivity contribution is -0.136. The lowest BCUT2D eigenvalue weighted by atomic mass is 10.1. The van der Waals surface area contributed by atoms with Gasteiger partial charge in [0.2, 0.25) is 0 Å². The molecule has 0 atom stereocenters. The van der Waals surface area contributed by atoms with Crippen LogP contribution in [0, 0.1) is 12.3 Å². The predicted octanol–water partition coefficient (Wildman–Crippen LogP) is 1.50. The van der Waals surface area contributed by atoms with E-state index < -0.39 is 15.8 Å². The molecule has 1 aromatic carbocycles. The number of carboxylic acids is 1. The van der Waals surface area contributed by atoms with E-state index in [2.05, 4.69) is 5.92 Å². The zero-order chi connectivity index (χ0) is 13.6. The van der Waals surface area contributed by atoms with Gasteiger partial charge in [0.05, 0.1) is 10.6 Å². The van der Waals surface area contributed by atoms with Gasteiger partial charge in [-0.25, -0.2) is 8.42 Å². The molecule has 0 saturated heterocycles. The van der Waals surface area contributed by atoms with Gasteiger partial charge < -0.3 is 5.11 Å². The van der Waals surface area contributed by atoms with E-state index >= 15 is 0 Å². The van der Waals surface area contributed by atoms with E-state index in [-0.39, 0.29) is 23.5 Å². The lowest BCUT2D eigenvalue weighted by Gasteiger charge is -2.04. The fourth-order valence-electron chi connectivity index (χ4n) is 1.43. The highest BCUT2D eigenvalue weighted by Crippen LogP contribution is 2.14. The summed E-state index contributed by atoms with van der Waals surface area (Å²) in [7, 11) is -3.33. The van der Waals surface area contributed by atoms with Gasteiger partial charge in [-0.15, -0.1) is 12.3 Å². The Kier molecular flexibility index (Phi) is 4.93. The van der Waals surface area contributed by atoms with Crippen molar-refractivity contribution in [2.24, 2.45) is 0 Å². The molecule has 0 amide bonds. The molecule has 0 spiro atoms. The monoisotopic (exact) mass is 266 g/mol. The van der Waals surface area contributed by atoms with Crippen LogP contribution in [0.25, 0.3) is 0 Å². The molecule has 0 fully saturated rings. The van der Waals surface area contributed by atoms with Crippen LogP contribution in [0.2, 0.25) is 0 Å². The molecule has 18 heavy (non-hydrogen) atoms. The molecule has 0 aliphatic rings. The second-order valence-corrected chi connectivity index (χ2v) is 5.92. The van der Waals surface area contributed by atoms with Gasteiger partial charge in [-0.3, -0.25) is 4.79 Å². The second kappa shape index (κ2) is 6.22. The molecule has 0 bridgehead atoms. The van der Waals surface area contributed by atoms with Crippen LogP contribution in [0.3, 0.4) is 0 Å². The number of sulfone groups is 1. The lowest BCUT2D eigenvalue weighted by Crippen LogP contribution is -2.06. The molecule has 96 valence electrons. The molecule has 4 nitrogen and oxygen atoms in total. The average molecular weight is 266 g/mol. The van der Waals surface area contributed by atoms with Gasteiger partial charge >= 0.3 is 5.97 Å². The number of carbonyl (C=O) groups is 1. The van der Waals surface area contributed by atoms with E-state index in [1.165, 1.54) is 12.1 Å². The van der Waals surface area contributed by atoms with E-state index in [0.717, 1.165) is 5.56 Å². The van der Waals surface area contributed by atoms with Crippen LogP contribution in [0.15, 0.2) is 29.2 Å². The Labute approximate surface area is 107 Å². The molecule has 0 aliphatic carbocycles. The molecule has 0 aliphatic heterocycles. The van der Waals surface area contributed by atoms with Gasteiger partial charge in [0, 0.05) is 12.8 Å². The maximum atomic E-state index is 11.8. The molecule has 0 aromatic heterocycles. The van der Waals surface area contributed by atoms with Gasteiger partial charge in [-0.05, 0) is 24.1 Å². The molecule has 0 saturated carbocycles. The first-order chi connectivity index (χ1) is 8.45. The molecule has 1 aromatic rings. The van der Waals surface area contributed by atoms with Crippen molar-refractivity contribution in [1.29, 1.82) is 0 Å². The van der Waals surface area contributed by atoms with Crippen molar-refractivity contribution in [3.63, 3.8) is 0 Å². The Hall–Kier alpha value is -1.80. The fraction of sp³-hybridized carbons (Fsp3) is 0.308. The van der Waals surface area contributed by atoms with Crippen LogP contribution in [0.5, 0.6) is 0 Å². The highest BCUT2D eigenvalue weighted by Gasteiger charge is 2.13. The molecule has 0 unspecified atom stereocenters. The smallest absolute Gasteiger partial charge is 0.303 e. The van der Waals surface area contributed by atoms with Crippen molar-refractivity contribution in [3.05, 3.63) is 29.8 Å². The van der Waals surface area contributed by atoms with E-state index in [1.54, 1.807) is 12.1 Å². The largest absolute Gasteiger partial charge is 0.481 e. The topological polar surface area (TPSA) is 71.4 Å². The van der Waals surface area contributed by atoms with Gasteiger partial charge in [0.1, 0.15) is 0 Å². The Morgan fingerprint density at radius 2 is 1.89 bits per heavy atom. The third-order valence-corrected chi connectivity index (χ3v) is 4.16. The Morgan fingerprint density at radius 1 is 1.28 bits per heavy atom. The number of aryl methyl sites for hydroxylation is 1. The molecular weight excluding hydrogens is 252 g/mol. The Morgan fingerprint density at radius 3 is 2.39 bits per heavy atom. The normalized spacial score (nSPS) is 10.8. The molecule has 0 heterocycles. The summed E-state index contributed by atoms with van der Waals surface area (Å²) < 4.78 is 23.6. The number of terminal acetylenes is 1. The summed E-state index contributed by atoms with van der Waals surface area (Å²) in [6.45, 7) is 0. The first kappa shape index (κ1) is 14.3. The van der Waals surface area contributed by atoms with Crippen LogP contribution in [-0.2, 0) is 21.1 Å². The minimum Gasteiger partial charge on any atom is -0.481 e. The zero-order valence-corrected chi connectivity index (χ0v) is 10.6. The molecular formula is C13H14O4S. The Bertz CT molecular complexity index is 550. The average Bonchev–Trinajstić information content (AvgIpc) is 2.34. The van der Waals surface area contributed by atoms with E-state index in [9.17, 15) is 13.2 Å². The maximum Gasteiger partial charge on any atom is 0.303 e. The maximum absolute atomic E-state index is 11.8. The van der Waals surface area contributed by atoms with E-state index in [1.807, 2.05) is 0 Å². The number of benzene rings is 1. The molecule has 1 rings (SSSR count). The summed E-state index contributed by atoms with van der Waals surface area (Å²) in [6.07, 6.45) is 5.64. The summed E-state index contributed by atoms with van der Waals surface area (Å²) >= 11 is 0. The predicted molar refractivity (Wildman–Crippen MR) is 67.9 cm³/mol. The number of rotatable bonds is 6. The van der Waals surface area contributed by atoms with Crippen LogP contribution < -0.4 is 0 Å². The summed E-state index contributed by atoms with van der Waals surface area (Å²) in [5.74, 6) is 1.35. The van der Waals surface area contributed by atoms with Crippen molar-refractivity contribution in [2.75, 3.05) is 5.75 Å². The van der Waals surface area contributed by atoms with Crippen LogP contribution in [0.1, 0.15) is 18.4 Å². The van der Waals surface area contributed by atoms with Crippen molar-refractivity contribution in [2.45, 2.75) is 24.2 Å². The zero-order valence-electron chi connectivity index (χ0n) is 9.80. The minimum atomic E-state index is -3.33. The van der Waals surface area contributed by atoms with Crippen molar-refractivity contribution in [1.82, 2.24) is 0 Å². The van der Waals surface area contributed by atoms with Crippen molar-refractivity contribution < 1.29 is 18.3 Å². The molecule has 5 heteroatoms. The third kappa shape index (κ3) is 4.22. The first-order valence-electron chi connectivity index (χ1n) is 5.42. The molecule has 1 N–H and O–H groups in total. The quantitative estimate of drug-likeness (QED) is 0.792. The van der Waals surface area contributed by atoms with Gasteiger partial charge in [0.25, 0.3) is 0 Å². The first-order valence-corrected chi connectivity index (χ1v) is 7.08. The summed E-state index contributed by atoms with van der Waals surface area (Å²) in [6, 6.07) is 6.24. The van der Waals surface area contributed by atoms with Crippen LogP contribution in [0.4, 0.5) is 0 Å². The third-order valence-electron chi connectivity index (χ3n) is 2.43. The summed E-state index contributed by atoms with van der Waals surface area (Å²) in [5.41, 5.74) is 0.799. The van der Waals surface area contributed by atoms with Gasteiger partial charge in [0.15, 0.2) is 9.84 Å². The van der Waals surface area contributed by atoms with Crippen LogP contribution >= 0.6 is 0 Å². The minimum absolute atomic E-state index is 0.0309. The highest BCUT2D eigenvalue weighted by atomic mass is 32.2. The number of aliphatic carboxylic acids is 1. The summed E-state index contributed by atoms with van der Waals surface area (Å²) in [5, 5.41) is 8.54. The number of hydrogen-bond donors (Lipinski definition) is 1. The van der Waals surface area contributed by atoms with Crippen molar-refractivity contribution in [3.8, 4) is 12.3 Å². The highest BCUT2D eigenvalue weighted by molar-refractivity contribution is 7.91. The standard InChI is InChI=1S/C13H14O4S/c1-2-3-10-18(16,17)12-7-4-11(5-8-12)6-9-13(14)15/h1,4-5,7-8H,3,6,9-10H2,(H,14,15). The Balaban J connectivity index is 2.77. The second-order valence-electron chi connectivity index (χ2n) is 3.81. The number of hydrogen-bond acceptors (Lipinski definition) is 3. The van der Waals surface area contributed by atoms with Crippen LogP contribution in [-0.4, -0.2) is 25.2 Å². The molecule has 0 radical (unpaired) electrons. The SMILES string of the molecule is C#CCCS(=O)(=O)c1ccc(CCC(=O)O)cc1. The summed E-state index contributed by atoms with van der Waals surface area (Å²) in [4.78, 5) is 10.6. The van der Waals surface area contributed by atoms with E-state index in [0.29, 0.717) is 6.42 Å². The van der Waals surface area contributed by atoms with Crippen molar-refractivity contribution >= 4 is 15.8 Å². The van der Waals surface area contributed by atoms with Gasteiger partial charge in [-0.1, -0.05) is 12.1 Å². The van der Waals surface area contributed by atoms with E-state index in [4.69, 9.17) is 11.5 Å².